The van der Waals surface area contributed by atoms with Gasteiger partial charge in [-0.2, -0.15) is 0 Å². The maximum absolute atomic E-state index is 13.4. The summed E-state index contributed by atoms with van der Waals surface area (Å²) < 4.78 is 13.9. The molecule has 1 aromatic rings. The summed E-state index contributed by atoms with van der Waals surface area (Å²) in [6, 6.07) is 5.27. The van der Waals surface area contributed by atoms with Crippen molar-refractivity contribution < 1.29 is 4.39 Å². The molecule has 70 valence electrons. The van der Waals surface area contributed by atoms with Gasteiger partial charge in [-0.05, 0) is 28.9 Å². The lowest BCUT2D eigenvalue weighted by Crippen LogP contribution is -1.85. The van der Waals surface area contributed by atoms with E-state index in [4.69, 9.17) is 0 Å². The number of hydrogen-bond donors (Lipinski definition) is 0. The van der Waals surface area contributed by atoms with E-state index in [1.165, 1.54) is 0 Å². The van der Waals surface area contributed by atoms with Crippen LogP contribution in [0.25, 0.3) is 6.08 Å². The predicted molar refractivity (Wildman–Crippen MR) is 61.5 cm³/mol. The molecule has 0 aromatic heterocycles. The van der Waals surface area contributed by atoms with Crippen LogP contribution in [0.4, 0.5) is 4.39 Å². The maximum Gasteiger partial charge on any atom is 0.144 e. The van der Waals surface area contributed by atoms with Crippen LogP contribution in [0, 0.1) is 5.82 Å². The highest BCUT2D eigenvalue weighted by Gasteiger charge is 2.02. The van der Waals surface area contributed by atoms with Crippen molar-refractivity contribution in [2.75, 3.05) is 5.33 Å². The van der Waals surface area contributed by atoms with Crippen LogP contribution in [-0.2, 0) is 0 Å². The van der Waals surface area contributed by atoms with Gasteiger partial charge in [-0.1, -0.05) is 39.7 Å². The Bertz CT molecular complexity index is 332. The minimum Gasteiger partial charge on any atom is -0.205 e. The van der Waals surface area contributed by atoms with Crippen LogP contribution < -0.4 is 0 Å². The molecule has 0 heterocycles. The fourth-order valence-electron chi connectivity index (χ4n) is 0.936. The molecule has 0 bridgehead atoms. The average molecular weight is 308 g/mol. The summed E-state index contributed by atoms with van der Waals surface area (Å²) in [6.07, 6.45) is 1.83. The average Bonchev–Trinajstić information content (AvgIpc) is 2.13. The van der Waals surface area contributed by atoms with Gasteiger partial charge in [0.2, 0.25) is 0 Å². The van der Waals surface area contributed by atoms with Gasteiger partial charge in [0, 0.05) is 10.9 Å². The van der Waals surface area contributed by atoms with Gasteiger partial charge in [-0.25, -0.2) is 4.39 Å². The standard InChI is InChI=1S/C10H9Br2F/c1-7(6-11)5-8-3-2-4-9(12)10(8)13/h2-5H,6H2,1H3/b7-5-. The van der Waals surface area contributed by atoms with E-state index in [2.05, 4.69) is 31.9 Å². The Balaban J connectivity index is 3.09. The SMILES string of the molecule is C/C(=C/c1cccc(Br)c1F)CBr. The third-order valence-corrected chi connectivity index (χ3v) is 3.09. The molecule has 0 aliphatic carbocycles. The Morgan fingerprint density at radius 1 is 1.54 bits per heavy atom. The van der Waals surface area contributed by atoms with E-state index in [9.17, 15) is 4.39 Å². The third kappa shape index (κ3) is 2.92. The topological polar surface area (TPSA) is 0 Å². The van der Waals surface area contributed by atoms with Gasteiger partial charge in [-0.15, -0.1) is 0 Å². The lowest BCUT2D eigenvalue weighted by atomic mass is 10.1. The smallest absolute Gasteiger partial charge is 0.144 e. The van der Waals surface area contributed by atoms with Gasteiger partial charge in [0.05, 0.1) is 4.47 Å². The van der Waals surface area contributed by atoms with E-state index in [1.807, 2.05) is 19.1 Å². The number of alkyl halides is 1. The fraction of sp³-hybridized carbons (Fsp3) is 0.200. The molecule has 13 heavy (non-hydrogen) atoms. The van der Waals surface area contributed by atoms with E-state index < -0.39 is 0 Å². The zero-order valence-electron chi connectivity index (χ0n) is 7.15. The molecule has 0 spiro atoms. The molecule has 3 heteroatoms. The normalized spacial score (nSPS) is 11.8. The summed E-state index contributed by atoms with van der Waals surface area (Å²) in [7, 11) is 0. The first kappa shape index (κ1) is 10.9. The van der Waals surface area contributed by atoms with Crippen LogP contribution in [0.2, 0.25) is 0 Å². The molecular weight excluding hydrogens is 299 g/mol. The Morgan fingerprint density at radius 3 is 2.85 bits per heavy atom. The maximum atomic E-state index is 13.4. The second-order valence-corrected chi connectivity index (χ2v) is 4.18. The fourth-order valence-corrected chi connectivity index (χ4v) is 1.48. The van der Waals surface area contributed by atoms with Gasteiger partial charge < -0.3 is 0 Å². The van der Waals surface area contributed by atoms with E-state index in [0.717, 1.165) is 10.9 Å². The largest absolute Gasteiger partial charge is 0.205 e. The summed E-state index contributed by atoms with van der Waals surface area (Å²) in [4.78, 5) is 0. The lowest BCUT2D eigenvalue weighted by molar-refractivity contribution is 0.618. The molecule has 1 rings (SSSR count). The molecule has 0 aliphatic heterocycles. The van der Waals surface area contributed by atoms with E-state index in [1.54, 1.807) is 12.1 Å². The molecule has 0 aliphatic rings. The van der Waals surface area contributed by atoms with Crippen LogP contribution in [0.5, 0.6) is 0 Å². The van der Waals surface area contributed by atoms with E-state index >= 15 is 0 Å². The molecule has 0 saturated heterocycles. The van der Waals surface area contributed by atoms with E-state index in [0.29, 0.717) is 10.0 Å². The molecule has 0 N–H and O–H groups in total. The molecule has 0 radical (unpaired) electrons. The molecular formula is C10H9Br2F. The summed E-state index contributed by atoms with van der Waals surface area (Å²) in [5.74, 6) is -0.206. The second-order valence-electron chi connectivity index (χ2n) is 2.77. The van der Waals surface area contributed by atoms with E-state index in [-0.39, 0.29) is 5.82 Å². The highest BCUT2D eigenvalue weighted by atomic mass is 79.9. The Hall–Kier alpha value is -0.150. The quantitative estimate of drug-likeness (QED) is 0.711. The van der Waals surface area contributed by atoms with Crippen molar-refractivity contribution in [2.45, 2.75) is 6.92 Å². The van der Waals surface area contributed by atoms with Crippen molar-refractivity contribution in [2.24, 2.45) is 0 Å². The molecule has 0 nitrogen and oxygen atoms in total. The predicted octanol–water partition coefficient (Wildman–Crippen LogP) is 4.39. The first-order valence-corrected chi connectivity index (χ1v) is 5.73. The summed E-state index contributed by atoms with van der Waals surface area (Å²) in [5.41, 5.74) is 1.71. The zero-order valence-corrected chi connectivity index (χ0v) is 10.3. The first-order chi connectivity index (χ1) is 6.15. The lowest BCUT2D eigenvalue weighted by Gasteiger charge is -2.00. The van der Waals surface area contributed by atoms with Gasteiger partial charge in [-0.3, -0.25) is 0 Å². The second kappa shape index (κ2) is 4.91. The molecule has 0 amide bonds. The zero-order chi connectivity index (χ0) is 9.84. The summed E-state index contributed by atoms with van der Waals surface area (Å²) in [5, 5.41) is 0.763. The van der Waals surface area contributed by atoms with Crippen LogP contribution in [0.1, 0.15) is 12.5 Å². The molecule has 0 unspecified atom stereocenters. The van der Waals surface area contributed by atoms with Crippen LogP contribution in [-0.4, -0.2) is 5.33 Å². The Morgan fingerprint density at radius 2 is 2.23 bits per heavy atom. The third-order valence-electron chi connectivity index (χ3n) is 1.59. The highest BCUT2D eigenvalue weighted by Crippen LogP contribution is 2.20. The van der Waals surface area contributed by atoms with Crippen molar-refractivity contribution in [3.05, 3.63) is 39.6 Å². The van der Waals surface area contributed by atoms with Crippen LogP contribution in [0.3, 0.4) is 0 Å². The molecule has 1 aromatic carbocycles. The van der Waals surface area contributed by atoms with Crippen molar-refractivity contribution in [3.8, 4) is 0 Å². The monoisotopic (exact) mass is 306 g/mol. The highest BCUT2D eigenvalue weighted by molar-refractivity contribution is 9.10. The van der Waals surface area contributed by atoms with Gasteiger partial charge in [0.25, 0.3) is 0 Å². The van der Waals surface area contributed by atoms with Crippen molar-refractivity contribution in [1.82, 2.24) is 0 Å². The Kier molecular flexibility index (Phi) is 4.13. The molecule has 0 atom stereocenters. The minimum absolute atomic E-state index is 0.206. The van der Waals surface area contributed by atoms with Crippen LogP contribution in [0.15, 0.2) is 28.2 Å². The first-order valence-electron chi connectivity index (χ1n) is 3.82. The van der Waals surface area contributed by atoms with Gasteiger partial charge in [0.1, 0.15) is 5.82 Å². The van der Waals surface area contributed by atoms with Gasteiger partial charge in [0.15, 0.2) is 0 Å². The number of rotatable bonds is 2. The number of halogens is 3. The summed E-state index contributed by atoms with van der Waals surface area (Å²) >= 11 is 6.45. The van der Waals surface area contributed by atoms with Crippen molar-refractivity contribution >= 4 is 37.9 Å². The number of benzene rings is 1. The van der Waals surface area contributed by atoms with Crippen LogP contribution >= 0.6 is 31.9 Å². The minimum atomic E-state index is -0.206. The molecule has 0 saturated carbocycles. The molecule has 0 fully saturated rings. The Labute approximate surface area is 94.1 Å². The number of hydrogen-bond acceptors (Lipinski definition) is 0. The van der Waals surface area contributed by atoms with Gasteiger partial charge >= 0.3 is 0 Å². The van der Waals surface area contributed by atoms with Crippen molar-refractivity contribution in [3.63, 3.8) is 0 Å². The number of allylic oxidation sites excluding steroid dienone is 1. The summed E-state index contributed by atoms with van der Waals surface area (Å²) in [6.45, 7) is 1.95. The van der Waals surface area contributed by atoms with Crippen molar-refractivity contribution in [1.29, 1.82) is 0 Å².